The average Bonchev–Trinajstić information content (AvgIpc) is 2.98. The Kier molecular flexibility index (Phi) is 5.39. The molecule has 21 heavy (non-hydrogen) atoms. The van der Waals surface area contributed by atoms with Crippen molar-refractivity contribution in [3.63, 3.8) is 0 Å². The van der Waals surface area contributed by atoms with E-state index in [1.807, 2.05) is 24.3 Å². The molecular weight excluding hydrogens is 291 g/mol. The summed E-state index contributed by atoms with van der Waals surface area (Å²) in [6.45, 7) is 5.55. The Morgan fingerprint density at radius 2 is 2.00 bits per heavy atom. The highest BCUT2D eigenvalue weighted by Gasteiger charge is 2.26. The van der Waals surface area contributed by atoms with E-state index in [1.165, 1.54) is 0 Å². The molecule has 114 valence electrons. The Bertz CT molecular complexity index is 568. The van der Waals surface area contributed by atoms with Crippen molar-refractivity contribution < 1.29 is 8.81 Å². The summed E-state index contributed by atoms with van der Waals surface area (Å²) in [4.78, 5) is 2.33. The second kappa shape index (κ2) is 7.07. The molecule has 3 nitrogen and oxygen atoms in total. The van der Waals surface area contributed by atoms with E-state index in [0.29, 0.717) is 5.56 Å². The third-order valence-corrected chi connectivity index (χ3v) is 3.84. The molecule has 0 amide bonds. The van der Waals surface area contributed by atoms with Crippen LogP contribution in [0.1, 0.15) is 22.9 Å². The highest BCUT2D eigenvalue weighted by molar-refractivity contribution is 5.85. The Labute approximate surface area is 130 Å². The molecule has 1 aliphatic rings. The topological polar surface area (TPSA) is 28.4 Å². The zero-order chi connectivity index (χ0) is 13.9. The number of rotatable bonds is 3. The molecule has 0 bridgehead atoms. The maximum atomic E-state index is 13.9. The van der Waals surface area contributed by atoms with Crippen molar-refractivity contribution in [1.29, 1.82) is 0 Å². The van der Waals surface area contributed by atoms with Gasteiger partial charge in [0.05, 0.1) is 12.3 Å². The molecule has 2 heterocycles. The van der Waals surface area contributed by atoms with E-state index in [-0.39, 0.29) is 24.3 Å². The van der Waals surface area contributed by atoms with E-state index in [4.69, 9.17) is 4.42 Å². The van der Waals surface area contributed by atoms with Crippen LogP contribution in [-0.4, -0.2) is 31.1 Å². The lowest BCUT2D eigenvalue weighted by Gasteiger charge is -2.34. The number of hydrogen-bond acceptors (Lipinski definition) is 3. The Hall–Kier alpha value is -1.36. The number of aryl methyl sites for hydroxylation is 1. The molecule has 0 saturated carbocycles. The Balaban J connectivity index is 0.00000161. The van der Waals surface area contributed by atoms with Crippen molar-refractivity contribution in [1.82, 2.24) is 10.2 Å². The van der Waals surface area contributed by atoms with Crippen molar-refractivity contribution in [2.75, 3.05) is 26.2 Å². The van der Waals surface area contributed by atoms with Crippen LogP contribution in [0.15, 0.2) is 41.0 Å². The maximum absolute atomic E-state index is 13.9. The highest BCUT2D eigenvalue weighted by atomic mass is 35.5. The second-order valence-corrected chi connectivity index (χ2v) is 5.21. The molecule has 5 heteroatoms. The van der Waals surface area contributed by atoms with Gasteiger partial charge < -0.3 is 9.73 Å². The fraction of sp³-hybridized carbons (Fsp3) is 0.375. The molecule has 1 aliphatic heterocycles. The van der Waals surface area contributed by atoms with Crippen LogP contribution in [0.2, 0.25) is 0 Å². The van der Waals surface area contributed by atoms with Gasteiger partial charge in [-0.3, -0.25) is 4.90 Å². The predicted octanol–water partition coefficient (Wildman–Crippen LogP) is 3.14. The largest absolute Gasteiger partial charge is 0.467 e. The smallest absolute Gasteiger partial charge is 0.126 e. The first-order valence-corrected chi connectivity index (χ1v) is 7.00. The van der Waals surface area contributed by atoms with Gasteiger partial charge in [-0.05, 0) is 36.2 Å². The van der Waals surface area contributed by atoms with Gasteiger partial charge in [0.15, 0.2) is 0 Å². The minimum atomic E-state index is -0.158. The lowest BCUT2D eigenvalue weighted by atomic mass is 10.0. The zero-order valence-corrected chi connectivity index (χ0v) is 12.8. The van der Waals surface area contributed by atoms with Gasteiger partial charge in [0.2, 0.25) is 0 Å². The van der Waals surface area contributed by atoms with Crippen LogP contribution >= 0.6 is 12.4 Å². The minimum absolute atomic E-state index is 0. The van der Waals surface area contributed by atoms with Crippen molar-refractivity contribution in [3.05, 3.63) is 59.3 Å². The lowest BCUT2D eigenvalue weighted by molar-refractivity contribution is 0.180. The van der Waals surface area contributed by atoms with E-state index >= 15 is 0 Å². The normalized spacial score (nSPS) is 17.2. The number of halogens is 2. The fourth-order valence-corrected chi connectivity index (χ4v) is 2.72. The van der Waals surface area contributed by atoms with E-state index in [0.717, 1.165) is 37.5 Å². The van der Waals surface area contributed by atoms with E-state index in [2.05, 4.69) is 10.2 Å². The van der Waals surface area contributed by atoms with Gasteiger partial charge in [-0.25, -0.2) is 4.39 Å². The number of piperazine rings is 1. The van der Waals surface area contributed by atoms with Crippen LogP contribution in [0.5, 0.6) is 0 Å². The molecule has 1 fully saturated rings. The molecule has 0 radical (unpaired) electrons. The number of furan rings is 1. The standard InChI is InChI=1S/C16H19FN2O.ClH/c1-12-4-5-13(11-14(12)17)16(15-3-2-10-20-15)19-8-6-18-7-9-19;/h2-5,10-11,16,18H,6-9H2,1H3;1H/t16-;/m0./s1. The first-order valence-electron chi connectivity index (χ1n) is 7.00. The van der Waals surface area contributed by atoms with Gasteiger partial charge in [0, 0.05) is 26.2 Å². The van der Waals surface area contributed by atoms with Crippen molar-refractivity contribution in [2.24, 2.45) is 0 Å². The third-order valence-electron chi connectivity index (χ3n) is 3.84. The Morgan fingerprint density at radius 1 is 1.24 bits per heavy atom. The quantitative estimate of drug-likeness (QED) is 0.944. The minimum Gasteiger partial charge on any atom is -0.467 e. The molecule has 0 aliphatic carbocycles. The van der Waals surface area contributed by atoms with Crippen molar-refractivity contribution >= 4 is 12.4 Å². The molecule has 1 N–H and O–H groups in total. The zero-order valence-electron chi connectivity index (χ0n) is 12.0. The average molecular weight is 311 g/mol. The van der Waals surface area contributed by atoms with Crippen molar-refractivity contribution in [2.45, 2.75) is 13.0 Å². The Morgan fingerprint density at radius 3 is 2.62 bits per heavy atom. The number of hydrogen-bond donors (Lipinski definition) is 1. The molecule has 2 aromatic rings. The molecule has 3 rings (SSSR count). The van der Waals surface area contributed by atoms with Gasteiger partial charge in [0.25, 0.3) is 0 Å². The van der Waals surface area contributed by atoms with Gasteiger partial charge in [-0.15, -0.1) is 12.4 Å². The summed E-state index contributed by atoms with van der Waals surface area (Å²) in [5.41, 5.74) is 1.62. The van der Waals surface area contributed by atoms with E-state index in [1.54, 1.807) is 19.3 Å². The summed E-state index contributed by atoms with van der Waals surface area (Å²) in [5.74, 6) is 0.712. The summed E-state index contributed by atoms with van der Waals surface area (Å²) < 4.78 is 19.5. The molecule has 1 saturated heterocycles. The summed E-state index contributed by atoms with van der Waals surface area (Å²) in [5, 5.41) is 3.34. The monoisotopic (exact) mass is 310 g/mol. The first kappa shape index (κ1) is 16.0. The van der Waals surface area contributed by atoms with Gasteiger partial charge in [0.1, 0.15) is 11.6 Å². The van der Waals surface area contributed by atoms with Gasteiger partial charge >= 0.3 is 0 Å². The molecule has 0 spiro atoms. The van der Waals surface area contributed by atoms with Crippen LogP contribution < -0.4 is 5.32 Å². The number of benzene rings is 1. The van der Waals surface area contributed by atoms with Crippen LogP contribution in [0.4, 0.5) is 4.39 Å². The van der Waals surface area contributed by atoms with E-state index in [9.17, 15) is 4.39 Å². The summed E-state index contributed by atoms with van der Waals surface area (Å²) in [7, 11) is 0. The lowest BCUT2D eigenvalue weighted by Crippen LogP contribution is -2.45. The molecule has 1 aromatic carbocycles. The third kappa shape index (κ3) is 3.46. The number of nitrogens with zero attached hydrogens (tertiary/aromatic N) is 1. The molecule has 1 aromatic heterocycles. The molecular formula is C16H20ClFN2O. The first-order chi connectivity index (χ1) is 9.75. The second-order valence-electron chi connectivity index (χ2n) is 5.21. The maximum Gasteiger partial charge on any atom is 0.126 e. The summed E-state index contributed by atoms with van der Waals surface area (Å²) in [6, 6.07) is 9.29. The molecule has 1 atom stereocenters. The van der Waals surface area contributed by atoms with Crippen molar-refractivity contribution in [3.8, 4) is 0 Å². The predicted molar refractivity (Wildman–Crippen MR) is 83.4 cm³/mol. The van der Waals surface area contributed by atoms with Crippen LogP contribution in [0.25, 0.3) is 0 Å². The molecule has 0 unspecified atom stereocenters. The fourth-order valence-electron chi connectivity index (χ4n) is 2.72. The highest BCUT2D eigenvalue weighted by Crippen LogP contribution is 2.30. The van der Waals surface area contributed by atoms with E-state index < -0.39 is 0 Å². The SMILES string of the molecule is Cc1ccc([C@@H](c2ccco2)N2CCNCC2)cc1F.Cl. The van der Waals surface area contributed by atoms with Crippen LogP contribution in [0.3, 0.4) is 0 Å². The summed E-state index contributed by atoms with van der Waals surface area (Å²) >= 11 is 0. The van der Waals surface area contributed by atoms with Gasteiger partial charge in [-0.2, -0.15) is 0 Å². The summed E-state index contributed by atoms with van der Waals surface area (Å²) in [6.07, 6.45) is 1.68. The van der Waals surface area contributed by atoms with Crippen LogP contribution in [0, 0.1) is 12.7 Å². The van der Waals surface area contributed by atoms with Crippen LogP contribution in [-0.2, 0) is 0 Å². The number of nitrogens with one attached hydrogen (secondary N) is 1. The van der Waals surface area contributed by atoms with Gasteiger partial charge in [-0.1, -0.05) is 12.1 Å².